The highest BCUT2D eigenvalue weighted by Gasteiger charge is 2.39. The monoisotopic (exact) mass is 549 g/mol. The third-order valence-electron chi connectivity index (χ3n) is 9.33. The lowest BCUT2D eigenvalue weighted by atomic mass is 9.60. The van der Waals surface area contributed by atoms with Crippen molar-refractivity contribution < 1.29 is 0 Å². The smallest absolute Gasteiger partial charge is 0.0970 e. The van der Waals surface area contributed by atoms with Crippen molar-refractivity contribution in [3.63, 3.8) is 0 Å². The minimum atomic E-state index is -0.604. The molecule has 0 fully saturated rings. The van der Waals surface area contributed by atoms with E-state index >= 15 is 0 Å². The van der Waals surface area contributed by atoms with E-state index in [1.807, 2.05) is 13.0 Å². The first-order valence-electron chi connectivity index (χ1n) is 15.4. The van der Waals surface area contributed by atoms with E-state index < -0.39 is 4.75 Å². The van der Waals surface area contributed by atoms with Crippen LogP contribution in [0.1, 0.15) is 120 Å². The molecule has 0 saturated carbocycles. The van der Waals surface area contributed by atoms with Crippen LogP contribution in [0.25, 0.3) is 0 Å². The van der Waals surface area contributed by atoms with Gasteiger partial charge in [0.2, 0.25) is 0 Å². The number of nitriles is 1. The van der Waals surface area contributed by atoms with Crippen LogP contribution in [0.5, 0.6) is 0 Å². The van der Waals surface area contributed by atoms with Gasteiger partial charge in [-0.25, -0.2) is 0 Å². The Labute approximate surface area is 248 Å². The number of hydrogen-bond acceptors (Lipinski definition) is 2. The fraction of sp³-hybridized carbons (Fsp3) is 0.649. The highest BCUT2D eigenvalue weighted by Crippen LogP contribution is 2.48. The van der Waals surface area contributed by atoms with Gasteiger partial charge in [0.05, 0.1) is 10.8 Å². The van der Waals surface area contributed by atoms with Crippen LogP contribution in [0.4, 0.5) is 0 Å². The van der Waals surface area contributed by atoms with Gasteiger partial charge in [0.25, 0.3) is 0 Å². The molecule has 0 aromatic heterocycles. The van der Waals surface area contributed by atoms with Crippen molar-refractivity contribution in [2.75, 3.05) is 0 Å². The predicted molar refractivity (Wildman–Crippen MR) is 178 cm³/mol. The van der Waals surface area contributed by atoms with E-state index in [-0.39, 0.29) is 5.41 Å². The third kappa shape index (κ3) is 12.6. The topological polar surface area (TPSA) is 23.8 Å². The van der Waals surface area contributed by atoms with E-state index in [1.54, 1.807) is 0 Å². The fourth-order valence-electron chi connectivity index (χ4n) is 6.38. The molecule has 1 aliphatic carbocycles. The molecule has 1 rings (SSSR count). The zero-order valence-corrected chi connectivity index (χ0v) is 27.5. The highest BCUT2D eigenvalue weighted by molar-refractivity contribution is 7.82. The van der Waals surface area contributed by atoms with Crippen molar-refractivity contribution in [1.82, 2.24) is 0 Å². The molecule has 0 N–H and O–H groups in total. The molecule has 218 valence electrons. The summed E-state index contributed by atoms with van der Waals surface area (Å²) in [5.41, 5.74) is 5.45. The van der Waals surface area contributed by atoms with Crippen molar-refractivity contribution in [3.05, 3.63) is 71.9 Å². The van der Waals surface area contributed by atoms with Crippen LogP contribution >= 0.6 is 12.6 Å². The third-order valence-corrected chi connectivity index (χ3v) is 9.65. The van der Waals surface area contributed by atoms with Gasteiger partial charge in [-0.3, -0.25) is 0 Å². The minimum Gasteiger partial charge on any atom is -0.197 e. The predicted octanol–water partition coefficient (Wildman–Crippen LogP) is 11.8. The fourth-order valence-corrected chi connectivity index (χ4v) is 6.49. The van der Waals surface area contributed by atoms with Crippen molar-refractivity contribution in [2.45, 2.75) is 124 Å². The second-order valence-electron chi connectivity index (χ2n) is 13.2. The highest BCUT2D eigenvalue weighted by atomic mass is 32.1. The van der Waals surface area contributed by atoms with Gasteiger partial charge in [0.15, 0.2) is 0 Å². The quantitative estimate of drug-likeness (QED) is 0.182. The molecule has 1 aliphatic rings. The van der Waals surface area contributed by atoms with E-state index in [1.165, 1.54) is 48.0 Å². The summed E-state index contributed by atoms with van der Waals surface area (Å²) in [6.07, 6.45) is 24.6. The molecule has 5 atom stereocenters. The van der Waals surface area contributed by atoms with E-state index in [0.717, 1.165) is 38.5 Å². The van der Waals surface area contributed by atoms with Gasteiger partial charge in [0, 0.05) is 0 Å². The number of allylic oxidation sites excluding steroid dienone is 10. The zero-order chi connectivity index (χ0) is 29.6. The molecule has 0 aliphatic heterocycles. The summed E-state index contributed by atoms with van der Waals surface area (Å²) in [4.78, 5) is 0. The van der Waals surface area contributed by atoms with Crippen LogP contribution in [-0.2, 0) is 0 Å². The summed E-state index contributed by atoms with van der Waals surface area (Å²) < 4.78 is -0.604. The molecule has 1 nitrogen and oxygen atoms in total. The lowest BCUT2D eigenvalue weighted by molar-refractivity contribution is 0.0654. The Bertz CT molecular complexity index is 948. The second-order valence-corrected chi connectivity index (χ2v) is 14.2. The van der Waals surface area contributed by atoms with E-state index in [9.17, 15) is 5.26 Å². The molecular weight excluding hydrogens is 490 g/mol. The van der Waals surface area contributed by atoms with Gasteiger partial charge < -0.3 is 0 Å². The second kappa shape index (κ2) is 17.2. The maximum absolute atomic E-state index is 9.48. The Kier molecular flexibility index (Phi) is 15.5. The molecule has 0 spiro atoms. The van der Waals surface area contributed by atoms with E-state index in [0.29, 0.717) is 23.7 Å². The SMILES string of the molecule is C=C/C(C)=C\C1=C/CCC(C(C)C(=C)CCC(C)(S)C#N)C(C)(C)C(CC)CCCC(C)C/C=C/C=C(\C)C1. The number of hydrogen-bond donors (Lipinski definition) is 1. The average molecular weight is 550 g/mol. The van der Waals surface area contributed by atoms with E-state index in [2.05, 4.69) is 111 Å². The Hall–Kier alpha value is -1.72. The van der Waals surface area contributed by atoms with Crippen molar-refractivity contribution in [2.24, 2.45) is 29.1 Å². The Balaban J connectivity index is 3.42. The van der Waals surface area contributed by atoms with Gasteiger partial charge in [-0.15, -0.1) is 0 Å². The van der Waals surface area contributed by atoms with Gasteiger partial charge in [-0.1, -0.05) is 120 Å². The van der Waals surface area contributed by atoms with Crippen LogP contribution in [0.2, 0.25) is 0 Å². The summed E-state index contributed by atoms with van der Waals surface area (Å²) >= 11 is 4.57. The largest absolute Gasteiger partial charge is 0.197 e. The standard InChI is InChI=1S/C37H59NS/c1-11-28(3)25-33-20-16-22-35(32(7)31(6)23-24-37(10,39)27-38)36(8,9)34(12-2)21-15-19-29(4)17-13-14-18-30(5)26-33/h11,13-14,18,20,25,29,32,34-35,39H,1,6,12,15-17,19,21-24,26H2,2-5,7-10H3/b14-13+,28-25-,30-18+,33-20+. The Morgan fingerprint density at radius 3 is 2.62 bits per heavy atom. The molecule has 5 unspecified atom stereocenters. The maximum atomic E-state index is 9.48. The number of rotatable bonds is 8. The first kappa shape index (κ1) is 35.3. The van der Waals surface area contributed by atoms with Gasteiger partial charge >= 0.3 is 0 Å². The van der Waals surface area contributed by atoms with Gasteiger partial charge in [-0.05, 0) is 100 Å². The van der Waals surface area contributed by atoms with Gasteiger partial charge in [0.1, 0.15) is 0 Å². The van der Waals surface area contributed by atoms with E-state index in [4.69, 9.17) is 0 Å². The average Bonchev–Trinajstić information content (AvgIpc) is 2.88. The Morgan fingerprint density at radius 2 is 2.00 bits per heavy atom. The zero-order valence-electron chi connectivity index (χ0n) is 26.7. The summed E-state index contributed by atoms with van der Waals surface area (Å²) in [5.74, 6) is 2.31. The Morgan fingerprint density at radius 1 is 1.31 bits per heavy atom. The summed E-state index contributed by atoms with van der Waals surface area (Å²) in [7, 11) is 0. The van der Waals surface area contributed by atoms with Crippen molar-refractivity contribution in [1.29, 1.82) is 5.26 Å². The minimum absolute atomic E-state index is 0.199. The molecule has 0 bridgehead atoms. The van der Waals surface area contributed by atoms with Crippen LogP contribution in [0.3, 0.4) is 0 Å². The molecule has 0 amide bonds. The van der Waals surface area contributed by atoms with Crippen LogP contribution < -0.4 is 0 Å². The van der Waals surface area contributed by atoms with Crippen molar-refractivity contribution >= 4 is 12.6 Å². The molecule has 0 radical (unpaired) electrons. The van der Waals surface area contributed by atoms with Crippen LogP contribution in [-0.4, -0.2) is 4.75 Å². The molecule has 0 saturated heterocycles. The number of nitrogens with zero attached hydrogens (tertiary/aromatic N) is 1. The molecule has 0 heterocycles. The van der Waals surface area contributed by atoms with Crippen LogP contribution in [0.15, 0.2) is 71.9 Å². The molecule has 0 aromatic rings. The molecule has 2 heteroatoms. The normalized spacial score (nSPS) is 29.7. The first-order chi connectivity index (χ1) is 18.3. The first-order valence-corrected chi connectivity index (χ1v) is 15.8. The summed E-state index contributed by atoms with van der Waals surface area (Å²) in [6.45, 7) is 27.1. The molecule has 39 heavy (non-hydrogen) atoms. The lowest BCUT2D eigenvalue weighted by Gasteiger charge is -2.45. The molecular formula is C37H59NS. The van der Waals surface area contributed by atoms with Crippen molar-refractivity contribution in [3.8, 4) is 6.07 Å². The summed E-state index contributed by atoms with van der Waals surface area (Å²) in [5, 5.41) is 9.48. The number of thiol groups is 1. The molecule has 0 aromatic carbocycles. The van der Waals surface area contributed by atoms with Crippen LogP contribution in [0, 0.1) is 40.4 Å². The lowest BCUT2D eigenvalue weighted by Crippen LogP contribution is -2.37. The van der Waals surface area contributed by atoms with Gasteiger partial charge in [-0.2, -0.15) is 17.9 Å². The maximum Gasteiger partial charge on any atom is 0.0970 e. The summed E-state index contributed by atoms with van der Waals surface area (Å²) in [6, 6.07) is 2.35.